The molecule has 0 spiro atoms. The fourth-order valence-electron chi connectivity index (χ4n) is 3.13. The van der Waals surface area contributed by atoms with Crippen LogP contribution in [-0.4, -0.2) is 39.0 Å². The number of methoxy groups -OCH3 is 1. The Labute approximate surface area is 194 Å². The van der Waals surface area contributed by atoms with Crippen LogP contribution in [0.15, 0.2) is 88.1 Å². The van der Waals surface area contributed by atoms with Crippen LogP contribution in [0.1, 0.15) is 12.5 Å². The van der Waals surface area contributed by atoms with Gasteiger partial charge in [0, 0.05) is 18.0 Å². The van der Waals surface area contributed by atoms with Crippen LogP contribution in [0.2, 0.25) is 0 Å². The number of para-hydroxylation sites is 1. The average molecular weight is 460 g/mol. The van der Waals surface area contributed by atoms with E-state index in [1.54, 1.807) is 68.9 Å². The maximum Gasteiger partial charge on any atom is 0.266 e. The van der Waals surface area contributed by atoms with Crippen molar-refractivity contribution in [2.45, 2.75) is 12.1 Å². The minimum absolute atomic E-state index is 0.0358. The summed E-state index contributed by atoms with van der Waals surface area (Å²) in [7, 11) is 1.58. The third-order valence-corrected chi connectivity index (χ3v) is 5.79. The van der Waals surface area contributed by atoms with Gasteiger partial charge in [0.2, 0.25) is 0 Å². The first-order valence-corrected chi connectivity index (χ1v) is 11.1. The van der Waals surface area contributed by atoms with Gasteiger partial charge in [-0.1, -0.05) is 23.9 Å². The predicted molar refractivity (Wildman–Crippen MR) is 129 cm³/mol. The Kier molecular flexibility index (Phi) is 6.80. The number of hydrogen-bond donors (Lipinski definition) is 1. The van der Waals surface area contributed by atoms with Crippen molar-refractivity contribution in [3.05, 3.63) is 89.0 Å². The summed E-state index contributed by atoms with van der Waals surface area (Å²) in [6.45, 7) is 1.80. The van der Waals surface area contributed by atoms with Gasteiger partial charge in [0.05, 0.1) is 35.2 Å². The third-order valence-electron chi connectivity index (χ3n) is 4.85. The van der Waals surface area contributed by atoms with Crippen LogP contribution in [0.4, 0.5) is 0 Å². The second kappa shape index (κ2) is 10.1. The molecule has 0 saturated heterocycles. The highest BCUT2D eigenvalue weighted by molar-refractivity contribution is 7.99. The van der Waals surface area contributed by atoms with Crippen molar-refractivity contribution in [2.24, 2.45) is 5.10 Å². The van der Waals surface area contributed by atoms with E-state index in [9.17, 15) is 9.59 Å². The normalized spacial score (nSPS) is 11.4. The Bertz CT molecular complexity index is 1370. The van der Waals surface area contributed by atoms with Crippen LogP contribution < -0.4 is 15.7 Å². The lowest BCUT2D eigenvalue weighted by Gasteiger charge is -2.13. The Balaban J connectivity index is 1.60. The molecule has 0 fully saturated rings. The van der Waals surface area contributed by atoms with Gasteiger partial charge in [-0.3, -0.25) is 19.1 Å². The summed E-state index contributed by atoms with van der Waals surface area (Å²) in [6.07, 6.45) is 3.33. The molecule has 0 saturated carbocycles. The number of aromatic nitrogens is 3. The first-order valence-electron chi connectivity index (χ1n) is 10.1. The molecule has 9 heteroatoms. The van der Waals surface area contributed by atoms with Gasteiger partial charge in [0.15, 0.2) is 5.16 Å². The van der Waals surface area contributed by atoms with Crippen molar-refractivity contribution in [1.82, 2.24) is 20.0 Å². The van der Waals surface area contributed by atoms with Crippen molar-refractivity contribution < 1.29 is 9.53 Å². The van der Waals surface area contributed by atoms with Crippen molar-refractivity contribution in [1.29, 1.82) is 0 Å². The first-order chi connectivity index (χ1) is 16.1. The smallest absolute Gasteiger partial charge is 0.266 e. The van der Waals surface area contributed by atoms with Gasteiger partial charge in [-0.2, -0.15) is 5.10 Å². The predicted octanol–water partition coefficient (Wildman–Crippen LogP) is 3.42. The minimum Gasteiger partial charge on any atom is -0.497 e. The van der Waals surface area contributed by atoms with E-state index in [4.69, 9.17) is 4.74 Å². The Morgan fingerprint density at radius 2 is 1.82 bits per heavy atom. The Morgan fingerprint density at radius 1 is 1.09 bits per heavy atom. The number of carbonyl (C=O) groups excluding carboxylic acids is 1. The van der Waals surface area contributed by atoms with Crippen molar-refractivity contribution >= 4 is 34.3 Å². The molecule has 1 N–H and O–H groups in total. The van der Waals surface area contributed by atoms with Crippen LogP contribution in [0.3, 0.4) is 0 Å². The summed E-state index contributed by atoms with van der Waals surface area (Å²) in [4.78, 5) is 34.3. The largest absolute Gasteiger partial charge is 0.497 e. The summed E-state index contributed by atoms with van der Waals surface area (Å²) in [5, 5.41) is 5.06. The highest BCUT2D eigenvalue weighted by atomic mass is 32.2. The number of pyridine rings is 1. The number of nitrogens with one attached hydrogen (secondary N) is 1. The monoisotopic (exact) mass is 459 g/mol. The number of thioether (sulfide) groups is 1. The van der Waals surface area contributed by atoms with Gasteiger partial charge in [0.25, 0.3) is 11.5 Å². The second-order valence-electron chi connectivity index (χ2n) is 7.01. The molecule has 0 aliphatic rings. The lowest BCUT2D eigenvalue weighted by Crippen LogP contribution is -2.24. The average Bonchev–Trinajstić information content (AvgIpc) is 2.87. The fourth-order valence-corrected chi connectivity index (χ4v) is 3.94. The standard InChI is InChI=1S/C24H21N5O3S/c1-16(17-11-13-25-14-12-17)27-28-22(30)15-33-24-26-21-6-4-3-5-20(21)23(31)29(24)18-7-9-19(32-2)10-8-18/h3-14H,15H2,1-2H3,(H,28,30)/b27-16+. The molecule has 0 atom stereocenters. The van der Waals surface area contributed by atoms with Crippen molar-refractivity contribution in [3.8, 4) is 11.4 Å². The number of hydrogen-bond acceptors (Lipinski definition) is 7. The summed E-state index contributed by atoms with van der Waals surface area (Å²) in [5.74, 6) is 0.405. The molecular weight excluding hydrogens is 438 g/mol. The van der Waals surface area contributed by atoms with E-state index in [2.05, 4.69) is 20.5 Å². The summed E-state index contributed by atoms with van der Waals surface area (Å²) >= 11 is 1.17. The van der Waals surface area contributed by atoms with Crippen LogP contribution in [0, 0.1) is 0 Å². The topological polar surface area (TPSA) is 98.5 Å². The Hall–Kier alpha value is -3.98. The van der Waals surface area contributed by atoms with Crippen molar-refractivity contribution in [3.63, 3.8) is 0 Å². The zero-order valence-corrected chi connectivity index (χ0v) is 18.9. The van der Waals surface area contributed by atoms with E-state index in [-0.39, 0.29) is 17.2 Å². The molecule has 2 aromatic carbocycles. The van der Waals surface area contributed by atoms with Crippen LogP contribution in [0.5, 0.6) is 5.75 Å². The third kappa shape index (κ3) is 5.09. The number of ether oxygens (including phenoxy) is 1. The number of benzene rings is 2. The molecule has 0 bridgehead atoms. The van der Waals surface area contributed by atoms with E-state index < -0.39 is 0 Å². The molecule has 0 aliphatic heterocycles. The van der Waals surface area contributed by atoms with Crippen LogP contribution in [-0.2, 0) is 4.79 Å². The molecule has 166 valence electrons. The molecule has 2 heterocycles. The number of hydrazone groups is 1. The van der Waals surface area contributed by atoms with E-state index in [0.717, 1.165) is 5.56 Å². The Morgan fingerprint density at radius 3 is 2.55 bits per heavy atom. The maximum atomic E-state index is 13.3. The van der Waals surface area contributed by atoms with Gasteiger partial charge in [0.1, 0.15) is 5.75 Å². The van der Waals surface area contributed by atoms with Gasteiger partial charge in [-0.15, -0.1) is 0 Å². The van der Waals surface area contributed by atoms with E-state index in [0.29, 0.717) is 33.2 Å². The van der Waals surface area contributed by atoms with Crippen molar-refractivity contribution in [2.75, 3.05) is 12.9 Å². The zero-order chi connectivity index (χ0) is 23.2. The fraction of sp³-hybridized carbons (Fsp3) is 0.125. The van der Waals surface area contributed by atoms with E-state index in [1.807, 2.05) is 18.2 Å². The summed E-state index contributed by atoms with van der Waals surface area (Å²) < 4.78 is 6.72. The lowest BCUT2D eigenvalue weighted by atomic mass is 10.2. The van der Waals surface area contributed by atoms with Gasteiger partial charge in [-0.05, 0) is 55.5 Å². The van der Waals surface area contributed by atoms with Crippen LogP contribution >= 0.6 is 11.8 Å². The molecule has 4 aromatic rings. The number of amides is 1. The molecule has 8 nitrogen and oxygen atoms in total. The number of rotatable bonds is 7. The van der Waals surface area contributed by atoms with E-state index in [1.165, 1.54) is 16.3 Å². The highest BCUT2D eigenvalue weighted by Crippen LogP contribution is 2.22. The van der Waals surface area contributed by atoms with Crippen LogP contribution in [0.25, 0.3) is 16.6 Å². The molecule has 1 amide bonds. The molecular formula is C24H21N5O3S. The molecule has 33 heavy (non-hydrogen) atoms. The second-order valence-corrected chi connectivity index (χ2v) is 7.95. The number of nitrogens with zero attached hydrogens (tertiary/aromatic N) is 4. The van der Waals surface area contributed by atoms with Gasteiger partial charge >= 0.3 is 0 Å². The highest BCUT2D eigenvalue weighted by Gasteiger charge is 2.15. The van der Waals surface area contributed by atoms with Gasteiger partial charge in [-0.25, -0.2) is 10.4 Å². The molecule has 0 unspecified atom stereocenters. The number of fused-ring (bicyclic) bond motifs is 1. The molecule has 2 aromatic heterocycles. The number of carbonyl (C=O) groups is 1. The van der Waals surface area contributed by atoms with E-state index >= 15 is 0 Å². The molecule has 4 rings (SSSR count). The lowest BCUT2D eigenvalue weighted by molar-refractivity contribution is -0.118. The quantitative estimate of drug-likeness (QED) is 0.197. The molecule has 0 radical (unpaired) electrons. The first kappa shape index (κ1) is 22.2. The summed E-state index contributed by atoms with van der Waals surface area (Å²) in [5.41, 5.74) is 5.07. The zero-order valence-electron chi connectivity index (χ0n) is 18.1. The minimum atomic E-state index is -0.308. The SMILES string of the molecule is COc1ccc(-n2c(SCC(=O)N/N=C(\C)c3ccncc3)nc3ccccc3c2=O)cc1. The maximum absolute atomic E-state index is 13.3. The van der Waals surface area contributed by atoms with Gasteiger partial charge < -0.3 is 4.74 Å². The summed E-state index contributed by atoms with van der Waals surface area (Å²) in [6, 6.07) is 17.9. The molecule has 0 aliphatic carbocycles.